The van der Waals surface area contributed by atoms with Crippen LogP contribution in [0.15, 0.2) is 24.4 Å². The molecule has 1 fully saturated rings. The minimum absolute atomic E-state index is 0.00883. The number of carboxylic acid groups (broad SMARTS) is 1. The fourth-order valence-electron chi connectivity index (χ4n) is 2.94. The molecule has 2 heterocycles. The number of alkyl halides is 3. The number of hydrogen-bond acceptors (Lipinski definition) is 7. The Hall–Kier alpha value is -2.74. The van der Waals surface area contributed by atoms with E-state index in [9.17, 15) is 26.3 Å². The molecular weight excluding hydrogens is 478 g/mol. The summed E-state index contributed by atoms with van der Waals surface area (Å²) in [6.45, 7) is 0.835. The molecule has 7 nitrogen and oxygen atoms in total. The SMILES string of the molecule is CNc1nccc(N2C[C@H](S)C[C@H]2COCc2cc(F)c(F)cc2F)n1.O=C(O)C(F)(F)F. The minimum Gasteiger partial charge on any atom is -0.475 e. The predicted octanol–water partition coefficient (Wildman–Crippen LogP) is 3.66. The maximum atomic E-state index is 13.7. The quantitative estimate of drug-likeness (QED) is 0.318. The molecule has 0 spiro atoms. The number of aromatic nitrogens is 2. The van der Waals surface area contributed by atoms with Gasteiger partial charge in [-0.3, -0.25) is 0 Å². The number of aliphatic carboxylic acids is 1. The van der Waals surface area contributed by atoms with E-state index in [0.29, 0.717) is 18.6 Å². The number of anilines is 2. The first-order valence-electron chi connectivity index (χ1n) is 9.39. The van der Waals surface area contributed by atoms with Gasteiger partial charge in [0, 0.05) is 36.7 Å². The normalized spacial score (nSPS) is 18.0. The summed E-state index contributed by atoms with van der Waals surface area (Å²) in [5.74, 6) is -4.64. The third-order valence-electron chi connectivity index (χ3n) is 4.45. The molecule has 33 heavy (non-hydrogen) atoms. The second kappa shape index (κ2) is 11.4. The molecule has 2 N–H and O–H groups in total. The van der Waals surface area contributed by atoms with Gasteiger partial charge in [0.1, 0.15) is 11.6 Å². The molecule has 182 valence electrons. The molecule has 1 saturated heterocycles. The molecule has 0 unspecified atom stereocenters. The highest BCUT2D eigenvalue weighted by Gasteiger charge is 2.38. The van der Waals surface area contributed by atoms with Crippen molar-refractivity contribution in [1.82, 2.24) is 9.97 Å². The third-order valence-corrected chi connectivity index (χ3v) is 4.82. The highest BCUT2D eigenvalue weighted by Crippen LogP contribution is 2.28. The largest absolute Gasteiger partial charge is 0.490 e. The Kier molecular flexibility index (Phi) is 9.16. The number of ether oxygens (including phenoxy) is 1. The van der Waals surface area contributed by atoms with Crippen LogP contribution < -0.4 is 10.2 Å². The average Bonchev–Trinajstić information content (AvgIpc) is 3.12. The van der Waals surface area contributed by atoms with Crippen LogP contribution in [0.2, 0.25) is 0 Å². The molecule has 14 heteroatoms. The summed E-state index contributed by atoms with van der Waals surface area (Å²) in [7, 11) is 1.74. The van der Waals surface area contributed by atoms with Gasteiger partial charge in [-0.05, 0) is 18.6 Å². The van der Waals surface area contributed by atoms with Crippen molar-refractivity contribution in [1.29, 1.82) is 0 Å². The van der Waals surface area contributed by atoms with Gasteiger partial charge in [-0.15, -0.1) is 0 Å². The maximum Gasteiger partial charge on any atom is 0.490 e. The van der Waals surface area contributed by atoms with Gasteiger partial charge >= 0.3 is 12.1 Å². The Morgan fingerprint density at radius 2 is 1.91 bits per heavy atom. The van der Waals surface area contributed by atoms with E-state index in [4.69, 9.17) is 14.6 Å². The molecule has 2 aromatic rings. The first-order chi connectivity index (χ1) is 15.4. The Balaban J connectivity index is 0.000000479. The smallest absolute Gasteiger partial charge is 0.475 e. The van der Waals surface area contributed by atoms with Gasteiger partial charge in [0.15, 0.2) is 11.6 Å². The van der Waals surface area contributed by atoms with Crippen molar-refractivity contribution in [3.8, 4) is 0 Å². The summed E-state index contributed by atoms with van der Waals surface area (Å²) in [6, 6.07) is 3.14. The number of carbonyl (C=O) groups is 1. The molecule has 0 bridgehead atoms. The van der Waals surface area contributed by atoms with Crippen LogP contribution in [0.25, 0.3) is 0 Å². The van der Waals surface area contributed by atoms with E-state index in [1.807, 2.05) is 0 Å². The van der Waals surface area contributed by atoms with Crippen LogP contribution in [-0.2, 0) is 16.1 Å². The third kappa shape index (κ3) is 7.67. The van der Waals surface area contributed by atoms with Crippen molar-refractivity contribution in [2.24, 2.45) is 0 Å². The van der Waals surface area contributed by atoms with E-state index < -0.39 is 29.6 Å². The Morgan fingerprint density at radius 1 is 1.27 bits per heavy atom. The lowest BCUT2D eigenvalue weighted by atomic mass is 10.2. The first kappa shape index (κ1) is 26.5. The number of rotatable bonds is 6. The highest BCUT2D eigenvalue weighted by molar-refractivity contribution is 7.81. The summed E-state index contributed by atoms with van der Waals surface area (Å²) in [5, 5.41) is 10.2. The lowest BCUT2D eigenvalue weighted by Gasteiger charge is -2.25. The van der Waals surface area contributed by atoms with Crippen molar-refractivity contribution in [2.45, 2.75) is 30.5 Å². The van der Waals surface area contributed by atoms with Gasteiger partial charge in [0.25, 0.3) is 0 Å². The summed E-state index contributed by atoms with van der Waals surface area (Å²) >= 11 is 4.54. The molecule has 1 aliphatic heterocycles. The number of halogens is 6. The van der Waals surface area contributed by atoms with Crippen molar-refractivity contribution in [3.05, 3.63) is 47.4 Å². The summed E-state index contributed by atoms with van der Waals surface area (Å²) in [5.41, 5.74) is -0.0182. The summed E-state index contributed by atoms with van der Waals surface area (Å²) in [4.78, 5) is 19.5. The second-order valence-corrected chi connectivity index (χ2v) is 7.59. The van der Waals surface area contributed by atoms with Gasteiger partial charge < -0.3 is 20.1 Å². The zero-order valence-corrected chi connectivity index (χ0v) is 18.0. The van der Waals surface area contributed by atoms with Crippen molar-refractivity contribution in [2.75, 3.05) is 30.4 Å². The van der Waals surface area contributed by atoms with E-state index >= 15 is 0 Å². The standard InChI is InChI=1S/C17H19F3N4OS.C2HF3O2/c1-21-17-22-3-2-16(23-17)24-7-12(26)5-11(24)9-25-8-10-4-14(19)15(20)6-13(10)18;3-2(4,5)1(6)7/h2-4,6,11-12,26H,5,7-9H2,1H3,(H,21,22,23);(H,6,7)/t11-,12+;/m0./s1. The molecule has 0 saturated carbocycles. The monoisotopic (exact) mass is 498 g/mol. The molecular formula is C19H20F6N4O3S. The van der Waals surface area contributed by atoms with E-state index in [1.54, 1.807) is 19.3 Å². The topological polar surface area (TPSA) is 87.6 Å². The number of hydrogen-bond donors (Lipinski definition) is 3. The van der Waals surface area contributed by atoms with Crippen LogP contribution in [0.4, 0.5) is 38.1 Å². The summed E-state index contributed by atoms with van der Waals surface area (Å²) < 4.78 is 77.2. The molecule has 2 atom stereocenters. The molecule has 1 aromatic carbocycles. The fourth-order valence-corrected chi connectivity index (χ4v) is 3.36. The number of benzene rings is 1. The van der Waals surface area contributed by atoms with Crippen LogP contribution in [0.5, 0.6) is 0 Å². The summed E-state index contributed by atoms with van der Waals surface area (Å²) in [6.07, 6.45) is -2.66. The number of nitrogens with zero attached hydrogens (tertiary/aromatic N) is 3. The Morgan fingerprint density at radius 3 is 2.52 bits per heavy atom. The Bertz CT molecular complexity index is 966. The van der Waals surface area contributed by atoms with E-state index in [1.165, 1.54) is 0 Å². The minimum atomic E-state index is -5.08. The van der Waals surface area contributed by atoms with Gasteiger partial charge in [0.2, 0.25) is 5.95 Å². The average molecular weight is 498 g/mol. The molecule has 0 radical (unpaired) electrons. The number of thiol groups is 1. The molecule has 1 aliphatic rings. The van der Waals surface area contributed by atoms with Gasteiger partial charge in [0.05, 0.1) is 19.3 Å². The van der Waals surface area contributed by atoms with Crippen molar-refractivity contribution >= 4 is 30.4 Å². The molecule has 0 amide bonds. The lowest BCUT2D eigenvalue weighted by molar-refractivity contribution is -0.192. The number of nitrogens with one attached hydrogen (secondary N) is 1. The lowest BCUT2D eigenvalue weighted by Crippen LogP contribution is -2.34. The maximum absolute atomic E-state index is 13.7. The van der Waals surface area contributed by atoms with Crippen molar-refractivity contribution in [3.63, 3.8) is 0 Å². The van der Waals surface area contributed by atoms with Gasteiger partial charge in [-0.2, -0.15) is 30.8 Å². The van der Waals surface area contributed by atoms with Gasteiger partial charge in [-0.1, -0.05) is 0 Å². The van der Waals surface area contributed by atoms with Crippen LogP contribution in [-0.4, -0.2) is 58.7 Å². The fraction of sp³-hybridized carbons (Fsp3) is 0.421. The van der Waals surface area contributed by atoms with Crippen molar-refractivity contribution < 1.29 is 41.0 Å². The zero-order valence-electron chi connectivity index (χ0n) is 17.1. The van der Waals surface area contributed by atoms with Crippen LogP contribution in [0.1, 0.15) is 12.0 Å². The second-order valence-electron chi connectivity index (χ2n) is 6.86. The van der Waals surface area contributed by atoms with Crippen LogP contribution >= 0.6 is 12.6 Å². The van der Waals surface area contributed by atoms with Crippen LogP contribution in [0.3, 0.4) is 0 Å². The van der Waals surface area contributed by atoms with Crippen LogP contribution in [0, 0.1) is 17.5 Å². The van der Waals surface area contributed by atoms with E-state index in [0.717, 1.165) is 18.3 Å². The van der Waals surface area contributed by atoms with E-state index in [2.05, 4.69) is 32.8 Å². The highest BCUT2D eigenvalue weighted by atomic mass is 32.1. The number of carboxylic acids is 1. The first-order valence-corrected chi connectivity index (χ1v) is 9.90. The van der Waals surface area contributed by atoms with Gasteiger partial charge in [-0.25, -0.2) is 22.9 Å². The Labute approximate surface area is 190 Å². The van der Waals surface area contributed by atoms with E-state index in [-0.39, 0.29) is 30.1 Å². The predicted molar refractivity (Wildman–Crippen MR) is 110 cm³/mol. The molecule has 1 aromatic heterocycles. The molecule has 3 rings (SSSR count). The zero-order chi connectivity index (χ0) is 24.8. The molecule has 0 aliphatic carbocycles.